The van der Waals surface area contributed by atoms with Gasteiger partial charge in [-0.3, -0.25) is 0 Å². The topological polar surface area (TPSA) is 83.8 Å². The number of hydrogen-bond donors (Lipinski definition) is 0. The molecule has 8 heteroatoms. The lowest BCUT2D eigenvalue weighted by Crippen LogP contribution is -2.47. The Morgan fingerprint density at radius 3 is 1.42 bits per heavy atom. The monoisotopic (exact) mass is 480 g/mol. The van der Waals surface area contributed by atoms with Crippen LogP contribution in [0.2, 0.25) is 0 Å². The summed E-state index contributed by atoms with van der Waals surface area (Å²) in [4.78, 5) is 26.3. The summed E-state index contributed by atoms with van der Waals surface area (Å²) in [5.74, 6) is -1.48. The van der Waals surface area contributed by atoms with Crippen molar-refractivity contribution < 1.29 is 19.1 Å². The van der Waals surface area contributed by atoms with Gasteiger partial charge in [-0.05, 0) is 36.8 Å². The molecule has 0 amide bonds. The van der Waals surface area contributed by atoms with E-state index in [9.17, 15) is 9.59 Å². The maximum absolute atomic E-state index is 13.2. The van der Waals surface area contributed by atoms with Gasteiger partial charge in [0.15, 0.2) is 0 Å². The fourth-order valence-electron chi connectivity index (χ4n) is 4.14. The molecule has 0 N–H and O–H groups in total. The Kier molecular flexibility index (Phi) is 6.32. The van der Waals surface area contributed by atoms with Crippen LogP contribution in [0, 0.1) is 0 Å². The molecule has 36 heavy (non-hydrogen) atoms. The molecule has 1 heterocycles. The van der Waals surface area contributed by atoms with E-state index >= 15 is 0 Å². The fraction of sp³-hybridized carbons (Fsp3) is 0.143. The quantitative estimate of drug-likeness (QED) is 0.358. The van der Waals surface area contributed by atoms with Crippen molar-refractivity contribution in [3.63, 3.8) is 0 Å². The number of nitrogens with zero attached hydrogens (tertiary/aromatic N) is 4. The Balaban J connectivity index is 1.75. The van der Waals surface area contributed by atoms with Crippen molar-refractivity contribution in [2.24, 2.45) is 10.2 Å². The maximum atomic E-state index is 13.2. The molecule has 0 atom stereocenters. The van der Waals surface area contributed by atoms with Crippen LogP contribution in [0.4, 0.5) is 11.4 Å². The fourth-order valence-corrected chi connectivity index (χ4v) is 4.14. The van der Waals surface area contributed by atoms with Gasteiger partial charge in [0, 0.05) is 10.8 Å². The first kappa shape index (κ1) is 23.0. The van der Waals surface area contributed by atoms with Crippen LogP contribution >= 0.6 is 0 Å². The van der Waals surface area contributed by atoms with E-state index in [0.717, 1.165) is 21.5 Å². The summed E-state index contributed by atoms with van der Waals surface area (Å²) in [6.07, 6.45) is 0. The highest BCUT2D eigenvalue weighted by Gasteiger charge is 2.36. The number of rotatable bonds is 6. The minimum atomic E-state index is -0.665. The van der Waals surface area contributed by atoms with Crippen LogP contribution in [0.1, 0.15) is 13.8 Å². The third-order valence-corrected chi connectivity index (χ3v) is 5.70. The molecule has 5 rings (SSSR count). The lowest BCUT2D eigenvalue weighted by molar-refractivity contribution is -0.136. The van der Waals surface area contributed by atoms with Gasteiger partial charge in [0.2, 0.25) is 0 Å². The number of hydrogen-bond acceptors (Lipinski definition) is 8. The Labute approximate surface area is 208 Å². The highest BCUT2D eigenvalue weighted by atomic mass is 16.5. The SMILES string of the molecule is CCOC(=O)C1=NN(c2cccc3ccccc23)C(C(=O)OCC)=NN1c1cccc2ccccc12. The van der Waals surface area contributed by atoms with Crippen LogP contribution in [-0.4, -0.2) is 36.8 Å². The summed E-state index contributed by atoms with van der Waals surface area (Å²) >= 11 is 0. The minimum Gasteiger partial charge on any atom is -0.460 e. The second-order valence-corrected chi connectivity index (χ2v) is 7.91. The summed E-state index contributed by atoms with van der Waals surface area (Å²) in [6.45, 7) is 3.76. The molecule has 4 aromatic carbocycles. The zero-order valence-corrected chi connectivity index (χ0v) is 19.9. The number of carbonyl (C=O) groups excluding carboxylic acids is 2. The molecule has 0 bridgehead atoms. The van der Waals surface area contributed by atoms with Crippen LogP contribution in [-0.2, 0) is 19.1 Å². The molecule has 0 radical (unpaired) electrons. The number of benzene rings is 4. The first-order valence-electron chi connectivity index (χ1n) is 11.7. The predicted octanol–water partition coefficient (Wildman–Crippen LogP) is 5.07. The highest BCUT2D eigenvalue weighted by Crippen LogP contribution is 2.33. The van der Waals surface area contributed by atoms with Gasteiger partial charge in [-0.15, -0.1) is 10.2 Å². The average molecular weight is 481 g/mol. The zero-order valence-electron chi connectivity index (χ0n) is 19.9. The molecule has 0 saturated carbocycles. The summed E-state index contributed by atoms with van der Waals surface area (Å²) in [7, 11) is 0. The second kappa shape index (κ2) is 9.87. The van der Waals surface area contributed by atoms with Crippen molar-refractivity contribution in [1.29, 1.82) is 0 Å². The molecule has 0 aliphatic carbocycles. The second-order valence-electron chi connectivity index (χ2n) is 7.91. The average Bonchev–Trinajstić information content (AvgIpc) is 2.92. The molecule has 0 saturated heterocycles. The number of amidine groups is 2. The molecule has 1 aliphatic rings. The van der Waals surface area contributed by atoms with E-state index in [-0.39, 0.29) is 24.9 Å². The van der Waals surface area contributed by atoms with Crippen molar-refractivity contribution in [2.75, 3.05) is 23.2 Å². The molecule has 8 nitrogen and oxygen atoms in total. The number of fused-ring (bicyclic) bond motifs is 2. The summed E-state index contributed by atoms with van der Waals surface area (Å²) in [5, 5.41) is 15.6. The Morgan fingerprint density at radius 1 is 0.611 bits per heavy atom. The van der Waals surface area contributed by atoms with Gasteiger partial charge in [0.1, 0.15) is 0 Å². The minimum absolute atomic E-state index is 0.0748. The number of esters is 2. The van der Waals surface area contributed by atoms with Crippen molar-refractivity contribution in [3.8, 4) is 0 Å². The number of ether oxygens (including phenoxy) is 2. The Bertz CT molecular complexity index is 1400. The molecular formula is C28H24N4O4. The Morgan fingerprint density at radius 2 is 1.00 bits per heavy atom. The smallest absolute Gasteiger partial charge is 0.378 e. The summed E-state index contributed by atoms with van der Waals surface area (Å²) in [6, 6.07) is 26.7. The van der Waals surface area contributed by atoms with Gasteiger partial charge < -0.3 is 9.47 Å². The van der Waals surface area contributed by atoms with Crippen LogP contribution in [0.3, 0.4) is 0 Å². The zero-order chi connectivity index (χ0) is 25.1. The van der Waals surface area contributed by atoms with Gasteiger partial charge in [-0.2, -0.15) is 0 Å². The molecular weight excluding hydrogens is 456 g/mol. The van der Waals surface area contributed by atoms with Gasteiger partial charge in [-0.25, -0.2) is 19.6 Å². The largest absolute Gasteiger partial charge is 0.460 e. The van der Waals surface area contributed by atoms with Crippen molar-refractivity contribution in [1.82, 2.24) is 0 Å². The summed E-state index contributed by atoms with van der Waals surface area (Å²) < 4.78 is 10.7. The van der Waals surface area contributed by atoms with Gasteiger partial charge in [0.25, 0.3) is 11.7 Å². The molecule has 0 fully saturated rings. The van der Waals surface area contributed by atoms with Gasteiger partial charge in [-0.1, -0.05) is 72.8 Å². The maximum Gasteiger partial charge on any atom is 0.378 e. The molecule has 4 aromatic rings. The lowest BCUT2D eigenvalue weighted by Gasteiger charge is -2.31. The molecule has 0 unspecified atom stereocenters. The predicted molar refractivity (Wildman–Crippen MR) is 141 cm³/mol. The first-order valence-corrected chi connectivity index (χ1v) is 11.7. The number of carbonyl (C=O) groups is 2. The Hall–Kier alpha value is -4.72. The molecule has 0 spiro atoms. The van der Waals surface area contributed by atoms with Crippen LogP contribution in [0.25, 0.3) is 21.5 Å². The first-order chi connectivity index (χ1) is 17.6. The normalized spacial score (nSPS) is 13.4. The highest BCUT2D eigenvalue weighted by molar-refractivity contribution is 6.47. The van der Waals surface area contributed by atoms with Crippen molar-refractivity contribution in [3.05, 3.63) is 84.9 Å². The van der Waals surface area contributed by atoms with Crippen LogP contribution < -0.4 is 10.0 Å². The van der Waals surface area contributed by atoms with Crippen LogP contribution in [0.15, 0.2) is 95.1 Å². The summed E-state index contributed by atoms with van der Waals surface area (Å²) in [5.41, 5.74) is 1.17. The van der Waals surface area contributed by atoms with Gasteiger partial charge >= 0.3 is 11.9 Å². The van der Waals surface area contributed by atoms with Crippen LogP contribution in [0.5, 0.6) is 0 Å². The van der Waals surface area contributed by atoms with E-state index in [1.54, 1.807) is 13.8 Å². The van der Waals surface area contributed by atoms with E-state index < -0.39 is 11.9 Å². The molecule has 180 valence electrons. The number of hydrazone groups is 2. The van der Waals surface area contributed by atoms with E-state index in [1.165, 1.54) is 10.0 Å². The standard InChI is InChI=1S/C28H24N4O4/c1-3-35-27(33)25-29-32(24-18-10-14-20-12-6-8-16-22(20)24)26(28(34)36-4-2)30-31(25)23-17-9-13-19-11-5-7-15-21(19)23/h5-18H,3-4H2,1-2H3. The molecule has 0 aromatic heterocycles. The van der Waals surface area contributed by atoms with Gasteiger partial charge in [0.05, 0.1) is 24.6 Å². The van der Waals surface area contributed by atoms with Crippen molar-refractivity contribution >= 4 is 56.5 Å². The van der Waals surface area contributed by atoms with E-state index in [4.69, 9.17) is 9.47 Å². The molecule has 1 aliphatic heterocycles. The number of anilines is 2. The third kappa shape index (κ3) is 4.13. The third-order valence-electron chi connectivity index (χ3n) is 5.70. The lowest BCUT2D eigenvalue weighted by atomic mass is 10.1. The van der Waals surface area contributed by atoms with Crippen molar-refractivity contribution in [2.45, 2.75) is 13.8 Å². The van der Waals surface area contributed by atoms with E-state index in [0.29, 0.717) is 11.4 Å². The van der Waals surface area contributed by atoms with E-state index in [2.05, 4.69) is 10.2 Å². The van der Waals surface area contributed by atoms with E-state index in [1.807, 2.05) is 84.9 Å².